The van der Waals surface area contributed by atoms with Crippen molar-refractivity contribution in [3.05, 3.63) is 32.6 Å². The lowest BCUT2D eigenvalue weighted by atomic mass is 10.2. The zero-order chi connectivity index (χ0) is 16.8. The number of unbranched alkanes of at least 4 members (excludes halogenated alkanes) is 2. The summed E-state index contributed by atoms with van der Waals surface area (Å²) in [4.78, 5) is 25.9. The van der Waals surface area contributed by atoms with Crippen molar-refractivity contribution in [3.8, 4) is 24.2 Å². The molecule has 0 spiro atoms. The number of hydrogen-bond acceptors (Lipinski definition) is 5. The van der Waals surface area contributed by atoms with Gasteiger partial charge in [0.15, 0.2) is 0 Å². The Bertz CT molecular complexity index is 762. The van der Waals surface area contributed by atoms with Gasteiger partial charge in [-0.05, 0) is 6.42 Å². The SMILES string of the molecule is C#CCCCC#Cc1cn([C@H]2CC(O)[C@@H](CO)O2)c(=O)[nH]c1=O. The Morgan fingerprint density at radius 1 is 1.43 bits per heavy atom. The normalized spacial score (nSPS) is 23.1. The summed E-state index contributed by atoms with van der Waals surface area (Å²) in [5.41, 5.74) is -1.09. The van der Waals surface area contributed by atoms with Crippen molar-refractivity contribution in [2.75, 3.05) is 6.61 Å². The lowest BCUT2D eigenvalue weighted by Gasteiger charge is -2.14. The second kappa shape index (κ2) is 7.80. The molecule has 3 atom stereocenters. The van der Waals surface area contributed by atoms with Crippen LogP contribution in [-0.4, -0.2) is 38.6 Å². The Kier molecular flexibility index (Phi) is 5.78. The molecule has 0 radical (unpaired) electrons. The molecule has 2 rings (SSSR count). The van der Waals surface area contributed by atoms with E-state index in [4.69, 9.17) is 16.3 Å². The van der Waals surface area contributed by atoms with E-state index >= 15 is 0 Å². The first-order valence-electron chi connectivity index (χ1n) is 7.29. The van der Waals surface area contributed by atoms with E-state index in [0.717, 1.165) is 6.42 Å². The van der Waals surface area contributed by atoms with Crippen LogP contribution in [0.1, 0.15) is 37.5 Å². The Morgan fingerprint density at radius 2 is 2.22 bits per heavy atom. The van der Waals surface area contributed by atoms with Crippen LogP contribution in [0.2, 0.25) is 0 Å². The minimum Gasteiger partial charge on any atom is -0.394 e. The van der Waals surface area contributed by atoms with E-state index < -0.39 is 29.7 Å². The highest BCUT2D eigenvalue weighted by molar-refractivity contribution is 5.29. The molecule has 0 aromatic carbocycles. The Labute approximate surface area is 132 Å². The summed E-state index contributed by atoms with van der Waals surface area (Å²) in [6.07, 6.45) is 6.11. The fourth-order valence-corrected chi connectivity index (χ4v) is 2.28. The van der Waals surface area contributed by atoms with Crippen molar-refractivity contribution in [2.45, 2.75) is 44.1 Å². The van der Waals surface area contributed by atoms with E-state index in [1.54, 1.807) is 0 Å². The number of aromatic amines is 1. The van der Waals surface area contributed by atoms with Crippen LogP contribution in [-0.2, 0) is 4.74 Å². The van der Waals surface area contributed by atoms with E-state index in [0.29, 0.717) is 12.8 Å². The molecule has 1 aromatic rings. The minimum atomic E-state index is -0.873. The number of terminal acetylenes is 1. The van der Waals surface area contributed by atoms with Gasteiger partial charge in [0.25, 0.3) is 5.56 Å². The van der Waals surface area contributed by atoms with Gasteiger partial charge >= 0.3 is 5.69 Å². The van der Waals surface area contributed by atoms with Crippen molar-refractivity contribution in [3.63, 3.8) is 0 Å². The maximum absolute atomic E-state index is 11.9. The predicted molar refractivity (Wildman–Crippen MR) is 82.5 cm³/mol. The van der Waals surface area contributed by atoms with E-state index in [1.165, 1.54) is 10.8 Å². The Morgan fingerprint density at radius 3 is 2.87 bits per heavy atom. The van der Waals surface area contributed by atoms with Crippen molar-refractivity contribution < 1.29 is 14.9 Å². The first-order chi connectivity index (χ1) is 11.1. The molecule has 3 N–H and O–H groups in total. The largest absolute Gasteiger partial charge is 0.394 e. The molecule has 0 aliphatic carbocycles. The number of nitrogens with zero attached hydrogens (tertiary/aromatic N) is 1. The summed E-state index contributed by atoms with van der Waals surface area (Å²) in [6.45, 7) is -0.350. The molecule has 1 fully saturated rings. The standard InChI is InChI=1S/C16H18N2O5/c1-2-3-4-5-6-7-11-9-18(16(22)17-15(11)21)14-8-12(20)13(10-19)23-14/h1,9,12-14,19-20H,3-5,8,10H2,(H,17,21,22)/t12?,13-,14-/m1/s1. The second-order valence-electron chi connectivity index (χ2n) is 5.18. The number of hydrogen-bond donors (Lipinski definition) is 3. The lowest BCUT2D eigenvalue weighted by Crippen LogP contribution is -2.33. The molecular formula is C16H18N2O5. The highest BCUT2D eigenvalue weighted by atomic mass is 16.5. The molecule has 7 nitrogen and oxygen atoms in total. The molecule has 1 saturated heterocycles. The summed E-state index contributed by atoms with van der Waals surface area (Å²) in [5.74, 6) is 8.05. The first kappa shape index (κ1) is 17.0. The number of ether oxygens (including phenoxy) is 1. The highest BCUT2D eigenvalue weighted by Crippen LogP contribution is 2.27. The molecule has 2 heterocycles. The van der Waals surface area contributed by atoms with Gasteiger partial charge in [-0.25, -0.2) is 4.79 Å². The van der Waals surface area contributed by atoms with Crippen LogP contribution in [0.3, 0.4) is 0 Å². The Hall–Kier alpha value is -2.32. The van der Waals surface area contributed by atoms with Crippen LogP contribution in [0.15, 0.2) is 15.8 Å². The summed E-state index contributed by atoms with van der Waals surface area (Å²) in [5, 5.41) is 18.8. The topological polar surface area (TPSA) is 105 Å². The quantitative estimate of drug-likeness (QED) is 0.505. The molecule has 1 aliphatic rings. The molecule has 122 valence electrons. The summed E-state index contributed by atoms with van der Waals surface area (Å²) in [7, 11) is 0. The number of H-pyrrole nitrogens is 1. The van der Waals surface area contributed by atoms with Crippen LogP contribution in [0.25, 0.3) is 0 Å². The van der Waals surface area contributed by atoms with Gasteiger partial charge in [-0.1, -0.05) is 11.8 Å². The number of rotatable bonds is 4. The molecule has 0 bridgehead atoms. The average molecular weight is 318 g/mol. The van der Waals surface area contributed by atoms with E-state index in [1.807, 2.05) is 0 Å². The number of aliphatic hydroxyl groups is 2. The average Bonchev–Trinajstić information content (AvgIpc) is 2.89. The third kappa shape index (κ3) is 4.11. The molecule has 7 heteroatoms. The summed E-state index contributed by atoms with van der Waals surface area (Å²) in [6, 6.07) is 0. The van der Waals surface area contributed by atoms with Gasteiger partial charge in [-0.15, -0.1) is 12.3 Å². The summed E-state index contributed by atoms with van der Waals surface area (Å²) >= 11 is 0. The first-order valence-corrected chi connectivity index (χ1v) is 7.29. The van der Waals surface area contributed by atoms with Gasteiger partial charge in [-0.2, -0.15) is 0 Å². The van der Waals surface area contributed by atoms with Crippen molar-refractivity contribution in [2.24, 2.45) is 0 Å². The third-order valence-electron chi connectivity index (χ3n) is 3.51. The summed E-state index contributed by atoms with van der Waals surface area (Å²) < 4.78 is 6.59. The number of aliphatic hydroxyl groups excluding tert-OH is 2. The second-order valence-corrected chi connectivity index (χ2v) is 5.18. The fraction of sp³-hybridized carbons (Fsp3) is 0.500. The molecule has 0 amide bonds. The smallest absolute Gasteiger partial charge is 0.330 e. The van der Waals surface area contributed by atoms with Gasteiger partial charge in [-0.3, -0.25) is 14.3 Å². The van der Waals surface area contributed by atoms with Crippen molar-refractivity contribution >= 4 is 0 Å². The molecule has 1 unspecified atom stereocenters. The van der Waals surface area contributed by atoms with E-state index in [9.17, 15) is 14.7 Å². The van der Waals surface area contributed by atoms with Gasteiger partial charge in [0.05, 0.1) is 12.7 Å². The van der Waals surface area contributed by atoms with Crippen LogP contribution in [0.4, 0.5) is 0 Å². The third-order valence-corrected chi connectivity index (χ3v) is 3.51. The van der Waals surface area contributed by atoms with Gasteiger partial charge < -0.3 is 14.9 Å². The van der Waals surface area contributed by atoms with E-state index in [-0.39, 0.29) is 18.6 Å². The fourth-order valence-electron chi connectivity index (χ4n) is 2.28. The molecule has 1 aliphatic heterocycles. The molecule has 23 heavy (non-hydrogen) atoms. The van der Waals surface area contributed by atoms with Crippen LogP contribution in [0.5, 0.6) is 0 Å². The lowest BCUT2D eigenvalue weighted by molar-refractivity contribution is -0.0459. The van der Waals surface area contributed by atoms with E-state index in [2.05, 4.69) is 22.7 Å². The number of aromatic nitrogens is 2. The zero-order valence-corrected chi connectivity index (χ0v) is 12.5. The minimum absolute atomic E-state index is 0.135. The molecule has 1 aromatic heterocycles. The predicted octanol–water partition coefficient (Wildman–Crippen LogP) is -0.668. The van der Waals surface area contributed by atoms with Crippen LogP contribution >= 0.6 is 0 Å². The van der Waals surface area contributed by atoms with Crippen LogP contribution in [0, 0.1) is 24.2 Å². The van der Waals surface area contributed by atoms with Gasteiger partial charge in [0, 0.05) is 25.5 Å². The molecule has 0 saturated carbocycles. The van der Waals surface area contributed by atoms with Crippen LogP contribution < -0.4 is 11.2 Å². The maximum Gasteiger partial charge on any atom is 0.330 e. The maximum atomic E-state index is 11.9. The van der Waals surface area contributed by atoms with Gasteiger partial charge in [0.1, 0.15) is 17.9 Å². The van der Waals surface area contributed by atoms with Crippen molar-refractivity contribution in [1.29, 1.82) is 0 Å². The monoisotopic (exact) mass is 318 g/mol. The zero-order valence-electron chi connectivity index (χ0n) is 12.5. The highest BCUT2D eigenvalue weighted by Gasteiger charge is 2.35. The Balaban J connectivity index is 2.22. The number of nitrogens with one attached hydrogen (secondary N) is 1. The molecular weight excluding hydrogens is 300 g/mol. The van der Waals surface area contributed by atoms with Crippen molar-refractivity contribution in [1.82, 2.24) is 9.55 Å². The van der Waals surface area contributed by atoms with Gasteiger partial charge in [0.2, 0.25) is 0 Å².